The van der Waals surface area contributed by atoms with E-state index in [0.717, 1.165) is 0 Å². The van der Waals surface area contributed by atoms with E-state index in [2.05, 4.69) is 0 Å². The Kier molecular flexibility index (Phi) is 5.70. The van der Waals surface area contributed by atoms with Gasteiger partial charge >= 0.3 is 0 Å². The standard InChI is InChI=1S/C18H23F2NO3/c1-10-6-15(19)17(16(20)7-10)14-9-21(18(24)12(14)3)8-13(23)5-4-11(2)22/h6-7,11-12,14,22H,4-5,8-9H2,1-3H3/t11?,12-,14+/m0/s1. The molecule has 1 aliphatic heterocycles. The molecule has 1 aromatic rings. The second kappa shape index (κ2) is 7.38. The molecule has 3 atom stereocenters. The maximum absolute atomic E-state index is 14.2. The van der Waals surface area contributed by atoms with Crippen LogP contribution >= 0.6 is 0 Å². The third-order valence-corrected chi connectivity index (χ3v) is 4.52. The summed E-state index contributed by atoms with van der Waals surface area (Å²) in [5.41, 5.74) is 0.399. The van der Waals surface area contributed by atoms with Gasteiger partial charge in [0.1, 0.15) is 11.6 Å². The fourth-order valence-corrected chi connectivity index (χ4v) is 3.16. The van der Waals surface area contributed by atoms with Crippen molar-refractivity contribution in [2.75, 3.05) is 13.1 Å². The molecule has 1 amide bonds. The van der Waals surface area contributed by atoms with Crippen LogP contribution in [0.25, 0.3) is 0 Å². The van der Waals surface area contributed by atoms with Gasteiger partial charge in [0.05, 0.1) is 12.6 Å². The summed E-state index contributed by atoms with van der Waals surface area (Å²) in [6.07, 6.45) is -0.0694. The smallest absolute Gasteiger partial charge is 0.226 e. The van der Waals surface area contributed by atoms with E-state index in [1.165, 1.54) is 17.0 Å². The van der Waals surface area contributed by atoms with Crippen LogP contribution in [-0.2, 0) is 9.59 Å². The minimum Gasteiger partial charge on any atom is -0.393 e. The summed E-state index contributed by atoms with van der Waals surface area (Å²) in [6, 6.07) is 2.51. The van der Waals surface area contributed by atoms with Crippen LogP contribution in [0.4, 0.5) is 8.78 Å². The molecule has 0 saturated carbocycles. The monoisotopic (exact) mass is 339 g/mol. The van der Waals surface area contributed by atoms with Gasteiger partial charge in [-0.3, -0.25) is 9.59 Å². The summed E-state index contributed by atoms with van der Waals surface area (Å²) in [4.78, 5) is 25.6. The summed E-state index contributed by atoms with van der Waals surface area (Å²) >= 11 is 0. The molecule has 24 heavy (non-hydrogen) atoms. The highest BCUT2D eigenvalue weighted by molar-refractivity contribution is 5.88. The zero-order valence-electron chi connectivity index (χ0n) is 14.2. The van der Waals surface area contributed by atoms with Crippen LogP contribution in [-0.4, -0.2) is 40.9 Å². The Morgan fingerprint density at radius 3 is 2.50 bits per heavy atom. The molecule has 1 aromatic carbocycles. The van der Waals surface area contributed by atoms with E-state index < -0.39 is 29.6 Å². The van der Waals surface area contributed by atoms with Crippen molar-refractivity contribution in [1.82, 2.24) is 4.90 Å². The first-order chi connectivity index (χ1) is 11.2. The molecule has 132 valence electrons. The van der Waals surface area contributed by atoms with E-state index in [4.69, 9.17) is 0 Å². The quantitative estimate of drug-likeness (QED) is 0.867. The Hall–Kier alpha value is -1.82. The predicted octanol–water partition coefficient (Wildman–Crippen LogP) is 2.57. The van der Waals surface area contributed by atoms with E-state index in [1.54, 1.807) is 20.8 Å². The van der Waals surface area contributed by atoms with Crippen molar-refractivity contribution < 1.29 is 23.5 Å². The number of benzene rings is 1. The lowest BCUT2D eigenvalue weighted by Crippen LogP contribution is -2.32. The van der Waals surface area contributed by atoms with Gasteiger partial charge in [-0.05, 0) is 38.0 Å². The molecule has 0 spiro atoms. The lowest BCUT2D eigenvalue weighted by atomic mass is 9.88. The highest BCUT2D eigenvalue weighted by Crippen LogP contribution is 2.36. The number of nitrogens with zero attached hydrogens (tertiary/aromatic N) is 1. The molecule has 0 bridgehead atoms. The van der Waals surface area contributed by atoms with Crippen molar-refractivity contribution in [3.8, 4) is 0 Å². The van der Waals surface area contributed by atoms with E-state index in [0.29, 0.717) is 12.0 Å². The summed E-state index contributed by atoms with van der Waals surface area (Å²) in [5, 5.41) is 9.21. The molecule has 0 radical (unpaired) electrons. The molecule has 6 heteroatoms. The van der Waals surface area contributed by atoms with Gasteiger partial charge in [-0.2, -0.15) is 0 Å². The summed E-state index contributed by atoms with van der Waals surface area (Å²) in [7, 11) is 0. The molecule has 4 nitrogen and oxygen atoms in total. The Bertz CT molecular complexity index is 622. The Morgan fingerprint density at radius 1 is 1.38 bits per heavy atom. The van der Waals surface area contributed by atoms with Crippen LogP contribution in [0.2, 0.25) is 0 Å². The van der Waals surface area contributed by atoms with Crippen molar-refractivity contribution in [3.05, 3.63) is 34.9 Å². The molecule has 1 unspecified atom stereocenters. The van der Waals surface area contributed by atoms with Crippen molar-refractivity contribution in [1.29, 1.82) is 0 Å². The molecular formula is C18H23F2NO3. The summed E-state index contributed by atoms with van der Waals surface area (Å²) < 4.78 is 28.4. The Labute approximate surface area is 140 Å². The fraction of sp³-hybridized carbons (Fsp3) is 0.556. The van der Waals surface area contributed by atoms with Gasteiger partial charge in [-0.25, -0.2) is 8.78 Å². The molecule has 0 aliphatic carbocycles. The number of amides is 1. The first-order valence-corrected chi connectivity index (χ1v) is 8.14. The number of aliphatic hydroxyl groups is 1. The van der Waals surface area contributed by atoms with Crippen LogP contribution in [0.3, 0.4) is 0 Å². The first kappa shape index (κ1) is 18.5. The van der Waals surface area contributed by atoms with Crippen LogP contribution in [0, 0.1) is 24.5 Å². The van der Waals surface area contributed by atoms with E-state index in [9.17, 15) is 23.5 Å². The number of Topliss-reactive ketones (excluding diaryl/α,β-unsaturated/α-hetero) is 1. The first-order valence-electron chi connectivity index (χ1n) is 8.14. The topological polar surface area (TPSA) is 57.6 Å². The molecule has 1 aliphatic rings. The number of hydrogen-bond acceptors (Lipinski definition) is 3. The van der Waals surface area contributed by atoms with Gasteiger partial charge in [-0.1, -0.05) is 6.92 Å². The van der Waals surface area contributed by atoms with Crippen molar-refractivity contribution in [2.24, 2.45) is 5.92 Å². The van der Waals surface area contributed by atoms with E-state index in [1.807, 2.05) is 0 Å². The second-order valence-electron chi connectivity index (χ2n) is 6.68. The number of hydrogen-bond donors (Lipinski definition) is 1. The zero-order valence-corrected chi connectivity index (χ0v) is 14.2. The van der Waals surface area contributed by atoms with Crippen LogP contribution < -0.4 is 0 Å². The average Bonchev–Trinajstić information content (AvgIpc) is 2.73. The third-order valence-electron chi connectivity index (χ3n) is 4.52. The maximum Gasteiger partial charge on any atom is 0.226 e. The zero-order chi connectivity index (χ0) is 18.0. The van der Waals surface area contributed by atoms with E-state index >= 15 is 0 Å². The lowest BCUT2D eigenvalue weighted by Gasteiger charge is -2.17. The third kappa shape index (κ3) is 3.98. The minimum absolute atomic E-state index is 0.0819. The lowest BCUT2D eigenvalue weighted by molar-refractivity contribution is -0.134. The van der Waals surface area contributed by atoms with Crippen LogP contribution in [0.15, 0.2) is 12.1 Å². The number of aliphatic hydroxyl groups excluding tert-OH is 1. The number of carbonyl (C=O) groups excluding carboxylic acids is 2. The number of likely N-dealkylation sites (tertiary alicyclic amines) is 1. The van der Waals surface area contributed by atoms with Gasteiger partial charge in [0, 0.05) is 30.4 Å². The summed E-state index contributed by atoms with van der Waals surface area (Å²) in [6.45, 7) is 4.87. The van der Waals surface area contributed by atoms with Crippen LogP contribution in [0.1, 0.15) is 43.7 Å². The number of halogens is 2. The number of ketones is 1. The Morgan fingerprint density at radius 2 is 1.96 bits per heavy atom. The molecule has 1 N–H and O–H groups in total. The van der Waals surface area contributed by atoms with Gasteiger partial charge < -0.3 is 10.0 Å². The normalized spacial score (nSPS) is 22.1. The fourth-order valence-electron chi connectivity index (χ4n) is 3.16. The number of carbonyl (C=O) groups is 2. The van der Waals surface area contributed by atoms with Crippen molar-refractivity contribution in [2.45, 2.75) is 45.6 Å². The SMILES string of the molecule is Cc1cc(F)c([C@@H]2CN(CC(=O)CCC(C)O)C(=O)[C@H]2C)c(F)c1. The molecule has 0 aromatic heterocycles. The van der Waals surface area contributed by atoms with Crippen molar-refractivity contribution >= 4 is 11.7 Å². The minimum atomic E-state index is -0.653. The molecular weight excluding hydrogens is 316 g/mol. The summed E-state index contributed by atoms with van der Waals surface area (Å²) in [5.74, 6) is -2.94. The largest absolute Gasteiger partial charge is 0.393 e. The van der Waals surface area contributed by atoms with Gasteiger partial charge in [-0.15, -0.1) is 0 Å². The van der Waals surface area contributed by atoms with Gasteiger partial charge in [0.2, 0.25) is 5.91 Å². The predicted molar refractivity (Wildman–Crippen MR) is 85.5 cm³/mol. The average molecular weight is 339 g/mol. The molecule has 2 rings (SSSR count). The maximum atomic E-state index is 14.2. The van der Waals surface area contributed by atoms with Gasteiger partial charge in [0.15, 0.2) is 5.78 Å². The number of aryl methyl sites for hydroxylation is 1. The van der Waals surface area contributed by atoms with Crippen molar-refractivity contribution in [3.63, 3.8) is 0 Å². The highest BCUT2D eigenvalue weighted by Gasteiger charge is 2.41. The molecule has 1 saturated heterocycles. The van der Waals surface area contributed by atoms with Gasteiger partial charge in [0.25, 0.3) is 0 Å². The molecule has 1 fully saturated rings. The van der Waals surface area contributed by atoms with Crippen LogP contribution in [0.5, 0.6) is 0 Å². The number of rotatable bonds is 6. The molecule has 1 heterocycles. The highest BCUT2D eigenvalue weighted by atomic mass is 19.1. The second-order valence-corrected chi connectivity index (χ2v) is 6.68. The Balaban J connectivity index is 2.13. The van der Waals surface area contributed by atoms with E-state index in [-0.39, 0.29) is 36.8 Å².